The molecule has 1 aromatic rings. The summed E-state index contributed by atoms with van der Waals surface area (Å²) in [4.78, 5) is 19.3. The molecule has 1 aliphatic rings. The predicted molar refractivity (Wildman–Crippen MR) is 88.6 cm³/mol. The van der Waals surface area contributed by atoms with Crippen LogP contribution in [0.5, 0.6) is 0 Å². The Morgan fingerprint density at radius 3 is 2.86 bits per heavy atom. The lowest BCUT2D eigenvalue weighted by Crippen LogP contribution is -2.48. The van der Waals surface area contributed by atoms with Crippen LogP contribution in [0.4, 0.5) is 0 Å². The van der Waals surface area contributed by atoms with Gasteiger partial charge in [-0.3, -0.25) is 4.79 Å². The van der Waals surface area contributed by atoms with Crippen LogP contribution in [0.15, 0.2) is 12.5 Å². The van der Waals surface area contributed by atoms with Gasteiger partial charge in [-0.2, -0.15) is 11.8 Å². The predicted octanol–water partition coefficient (Wildman–Crippen LogP) is 3.06. The van der Waals surface area contributed by atoms with E-state index in [0.717, 1.165) is 31.0 Å². The molecule has 1 atom stereocenters. The third-order valence-electron chi connectivity index (χ3n) is 4.20. The summed E-state index contributed by atoms with van der Waals surface area (Å²) in [5.41, 5.74) is 0.388. The first-order valence-electron chi connectivity index (χ1n) is 7.87. The van der Waals surface area contributed by atoms with Crippen molar-refractivity contribution in [1.29, 1.82) is 0 Å². The van der Waals surface area contributed by atoms with E-state index in [1.54, 1.807) is 6.33 Å². The second kappa shape index (κ2) is 6.86. The highest BCUT2D eigenvalue weighted by Crippen LogP contribution is 2.26. The van der Waals surface area contributed by atoms with E-state index in [1.807, 2.05) is 43.3 Å². The van der Waals surface area contributed by atoms with Gasteiger partial charge in [0, 0.05) is 24.5 Å². The van der Waals surface area contributed by atoms with Crippen LogP contribution in [0.25, 0.3) is 0 Å². The van der Waals surface area contributed by atoms with Crippen LogP contribution in [0.3, 0.4) is 0 Å². The van der Waals surface area contributed by atoms with Crippen molar-refractivity contribution in [2.75, 3.05) is 18.8 Å². The van der Waals surface area contributed by atoms with Gasteiger partial charge in [0.25, 0.3) is 0 Å². The Labute approximate surface area is 132 Å². The first-order chi connectivity index (χ1) is 9.95. The fraction of sp³-hybridized carbons (Fsp3) is 0.750. The highest BCUT2D eigenvalue weighted by atomic mass is 32.2. The summed E-state index contributed by atoms with van der Waals surface area (Å²) in [6, 6.07) is 0. The monoisotopic (exact) mass is 309 g/mol. The van der Waals surface area contributed by atoms with Gasteiger partial charge < -0.3 is 9.47 Å². The van der Waals surface area contributed by atoms with Gasteiger partial charge in [0.1, 0.15) is 5.54 Å². The summed E-state index contributed by atoms with van der Waals surface area (Å²) < 4.78 is 1.94. The third kappa shape index (κ3) is 3.82. The molecule has 1 saturated heterocycles. The summed E-state index contributed by atoms with van der Waals surface area (Å²) in [5.74, 6) is 1.33. The number of imidazole rings is 1. The molecule has 0 N–H and O–H groups in total. The van der Waals surface area contributed by atoms with Gasteiger partial charge in [0.2, 0.25) is 5.91 Å². The van der Waals surface area contributed by atoms with Crippen LogP contribution in [0, 0.1) is 6.92 Å². The summed E-state index contributed by atoms with van der Waals surface area (Å²) >= 11 is 1.98. The molecule has 0 aromatic carbocycles. The molecule has 0 bridgehead atoms. The molecule has 0 spiro atoms. The molecule has 1 aromatic heterocycles. The molecule has 0 radical (unpaired) electrons. The van der Waals surface area contributed by atoms with Crippen molar-refractivity contribution in [3.05, 3.63) is 18.2 Å². The molecule has 5 heteroatoms. The van der Waals surface area contributed by atoms with Crippen LogP contribution >= 0.6 is 11.8 Å². The molecule has 1 fully saturated rings. The minimum absolute atomic E-state index is 0.212. The van der Waals surface area contributed by atoms with Gasteiger partial charge in [-0.15, -0.1) is 0 Å². The smallest absolute Gasteiger partial charge is 0.248 e. The Bertz CT molecular complexity index is 484. The van der Waals surface area contributed by atoms with Gasteiger partial charge in [0.15, 0.2) is 0 Å². The maximum absolute atomic E-state index is 13.0. The number of hydrogen-bond acceptors (Lipinski definition) is 3. The van der Waals surface area contributed by atoms with E-state index >= 15 is 0 Å². The quantitative estimate of drug-likeness (QED) is 0.858. The van der Waals surface area contributed by atoms with Crippen molar-refractivity contribution in [2.45, 2.75) is 57.7 Å². The van der Waals surface area contributed by atoms with Crippen LogP contribution < -0.4 is 0 Å². The van der Waals surface area contributed by atoms with Crippen molar-refractivity contribution in [2.24, 2.45) is 0 Å². The first-order valence-corrected chi connectivity index (χ1v) is 8.92. The van der Waals surface area contributed by atoms with Gasteiger partial charge in [0.05, 0.1) is 12.0 Å². The fourth-order valence-electron chi connectivity index (χ4n) is 2.88. The lowest BCUT2D eigenvalue weighted by Gasteiger charge is -2.33. The minimum Gasteiger partial charge on any atom is -0.340 e. The largest absolute Gasteiger partial charge is 0.340 e. The normalized spacial score (nSPS) is 20.4. The van der Waals surface area contributed by atoms with E-state index in [-0.39, 0.29) is 5.91 Å². The highest BCUT2D eigenvalue weighted by molar-refractivity contribution is 7.99. The molecule has 2 heterocycles. The van der Waals surface area contributed by atoms with Crippen LogP contribution in [-0.2, 0) is 10.3 Å². The summed E-state index contributed by atoms with van der Waals surface area (Å²) in [7, 11) is 0. The SMILES string of the molecule is CCSC1CCCCN(C(=O)C(C)(C)n2cnc(C)c2)C1. The van der Waals surface area contributed by atoms with E-state index in [2.05, 4.69) is 16.8 Å². The lowest BCUT2D eigenvalue weighted by molar-refractivity contribution is -0.139. The number of aryl methyl sites for hydroxylation is 1. The number of aromatic nitrogens is 2. The number of carbonyl (C=O) groups excluding carboxylic acids is 1. The Morgan fingerprint density at radius 2 is 2.24 bits per heavy atom. The molecule has 21 heavy (non-hydrogen) atoms. The van der Waals surface area contributed by atoms with E-state index in [1.165, 1.54) is 12.8 Å². The van der Waals surface area contributed by atoms with Crippen LogP contribution in [-0.4, -0.2) is 44.5 Å². The fourth-order valence-corrected chi connectivity index (χ4v) is 3.97. The van der Waals surface area contributed by atoms with Crippen molar-refractivity contribution >= 4 is 17.7 Å². The van der Waals surface area contributed by atoms with Crippen molar-refractivity contribution in [3.63, 3.8) is 0 Å². The van der Waals surface area contributed by atoms with E-state index in [9.17, 15) is 4.79 Å². The maximum atomic E-state index is 13.0. The molecule has 1 aliphatic heterocycles. The number of carbonyl (C=O) groups is 1. The van der Waals surface area contributed by atoms with Gasteiger partial charge in [-0.05, 0) is 39.4 Å². The molecule has 1 unspecified atom stereocenters. The number of amides is 1. The average molecular weight is 309 g/mol. The maximum Gasteiger partial charge on any atom is 0.248 e. The molecule has 1 amide bonds. The molecule has 0 aliphatic carbocycles. The number of rotatable bonds is 4. The average Bonchev–Trinajstić information content (AvgIpc) is 2.75. The molecule has 4 nitrogen and oxygen atoms in total. The van der Waals surface area contributed by atoms with Gasteiger partial charge in [-0.1, -0.05) is 13.3 Å². The zero-order valence-corrected chi connectivity index (χ0v) is 14.4. The van der Waals surface area contributed by atoms with E-state index in [0.29, 0.717) is 5.25 Å². The van der Waals surface area contributed by atoms with Gasteiger partial charge >= 0.3 is 0 Å². The summed E-state index contributed by atoms with van der Waals surface area (Å²) in [6.45, 7) is 9.90. The standard InChI is InChI=1S/C16H27N3OS/c1-5-21-14-8-6-7-9-18(11-14)15(20)16(3,4)19-10-13(2)17-12-19/h10,12,14H,5-9,11H2,1-4H3. The second-order valence-corrected chi connectivity index (χ2v) is 7.88. The van der Waals surface area contributed by atoms with Crippen molar-refractivity contribution in [1.82, 2.24) is 14.5 Å². The topological polar surface area (TPSA) is 38.1 Å². The van der Waals surface area contributed by atoms with Crippen LogP contribution in [0.1, 0.15) is 45.7 Å². The number of likely N-dealkylation sites (tertiary alicyclic amines) is 1. The Balaban J connectivity index is 2.13. The molecular formula is C16H27N3OS. The van der Waals surface area contributed by atoms with Crippen molar-refractivity contribution in [3.8, 4) is 0 Å². The van der Waals surface area contributed by atoms with Crippen LogP contribution in [0.2, 0.25) is 0 Å². The number of hydrogen-bond donors (Lipinski definition) is 0. The van der Waals surface area contributed by atoms with Crippen molar-refractivity contribution < 1.29 is 4.79 Å². The third-order valence-corrected chi connectivity index (χ3v) is 5.39. The lowest BCUT2D eigenvalue weighted by atomic mass is 10.0. The van der Waals surface area contributed by atoms with E-state index in [4.69, 9.17) is 0 Å². The molecule has 118 valence electrons. The molecular weight excluding hydrogens is 282 g/mol. The molecule has 0 saturated carbocycles. The number of thioether (sulfide) groups is 1. The molecule has 2 rings (SSSR count). The zero-order chi connectivity index (χ0) is 15.5. The number of nitrogens with zero attached hydrogens (tertiary/aromatic N) is 3. The Morgan fingerprint density at radius 1 is 1.48 bits per heavy atom. The second-order valence-electron chi connectivity index (χ2n) is 6.31. The highest BCUT2D eigenvalue weighted by Gasteiger charge is 2.35. The zero-order valence-electron chi connectivity index (χ0n) is 13.6. The summed E-state index contributed by atoms with van der Waals surface area (Å²) in [6.07, 6.45) is 7.29. The van der Waals surface area contributed by atoms with Gasteiger partial charge in [-0.25, -0.2) is 4.98 Å². The first kappa shape index (κ1) is 16.4. The minimum atomic E-state index is -0.562. The van der Waals surface area contributed by atoms with E-state index < -0.39 is 5.54 Å². The Kier molecular flexibility index (Phi) is 5.36. The Hall–Kier alpha value is -0.970. The summed E-state index contributed by atoms with van der Waals surface area (Å²) in [5, 5.41) is 0.585.